The summed E-state index contributed by atoms with van der Waals surface area (Å²) in [7, 11) is 0. The summed E-state index contributed by atoms with van der Waals surface area (Å²) in [5.41, 5.74) is 2.07. The molecule has 0 N–H and O–H groups in total. The van der Waals surface area contributed by atoms with Crippen LogP contribution in [0.25, 0.3) is 28.7 Å². The Morgan fingerprint density at radius 3 is 2.39 bits per heavy atom. The van der Waals surface area contributed by atoms with Gasteiger partial charge in [-0.05, 0) is 42.5 Å². The molecule has 0 spiro atoms. The lowest BCUT2D eigenvalue weighted by molar-refractivity contribution is 0.581. The predicted molar refractivity (Wildman–Crippen MR) is 80.0 cm³/mol. The average molecular weight is 307 g/mol. The van der Waals surface area contributed by atoms with Gasteiger partial charge in [0.1, 0.15) is 11.5 Å². The summed E-state index contributed by atoms with van der Waals surface area (Å²) in [5, 5.41) is 12.4. The number of halogens is 1. The lowest BCUT2D eigenvalue weighted by Gasteiger charge is -1.99. The Balaban J connectivity index is 1.65. The first kappa shape index (κ1) is 13.3. The molecule has 0 saturated heterocycles. The summed E-state index contributed by atoms with van der Waals surface area (Å²) in [6.07, 6.45) is 5.06. The molecule has 6 nitrogen and oxygen atoms in total. The van der Waals surface area contributed by atoms with Gasteiger partial charge in [-0.15, -0.1) is 10.2 Å². The average Bonchev–Trinajstić information content (AvgIpc) is 3.26. The molecule has 0 saturated carbocycles. The molecule has 3 heterocycles. The van der Waals surface area contributed by atoms with Gasteiger partial charge in [0.25, 0.3) is 5.89 Å². The van der Waals surface area contributed by atoms with Crippen molar-refractivity contribution in [1.29, 1.82) is 0 Å². The van der Waals surface area contributed by atoms with Crippen LogP contribution >= 0.6 is 0 Å². The largest absolute Gasteiger partial charge is 0.415 e. The van der Waals surface area contributed by atoms with Crippen LogP contribution in [0.5, 0.6) is 0 Å². The Hall–Kier alpha value is -3.35. The third-order valence-electron chi connectivity index (χ3n) is 3.25. The van der Waals surface area contributed by atoms with E-state index < -0.39 is 0 Å². The van der Waals surface area contributed by atoms with Gasteiger partial charge in [0.2, 0.25) is 5.89 Å². The van der Waals surface area contributed by atoms with Crippen molar-refractivity contribution in [2.45, 2.75) is 0 Å². The van der Waals surface area contributed by atoms with Crippen LogP contribution in [0.3, 0.4) is 0 Å². The van der Waals surface area contributed by atoms with Gasteiger partial charge in [0.05, 0.1) is 5.69 Å². The van der Waals surface area contributed by atoms with E-state index in [0.717, 1.165) is 11.3 Å². The minimum absolute atomic E-state index is 0.292. The zero-order valence-electron chi connectivity index (χ0n) is 11.8. The van der Waals surface area contributed by atoms with Gasteiger partial charge in [-0.1, -0.05) is 0 Å². The molecule has 0 radical (unpaired) electrons. The molecule has 0 aliphatic heterocycles. The fraction of sp³-hybridized carbons (Fsp3) is 0. The topological polar surface area (TPSA) is 69.6 Å². The molecular weight excluding hydrogens is 297 g/mol. The SMILES string of the molecule is Fc1ccc(-n2ccc(-c3nnc(-c4ccncc4)o3)n2)cc1. The molecule has 0 unspecified atom stereocenters. The number of rotatable bonds is 3. The second-order valence-electron chi connectivity index (χ2n) is 4.77. The number of nitrogens with zero attached hydrogens (tertiary/aromatic N) is 5. The lowest BCUT2D eigenvalue weighted by atomic mass is 10.3. The monoisotopic (exact) mass is 307 g/mol. The maximum Gasteiger partial charge on any atom is 0.268 e. The summed E-state index contributed by atoms with van der Waals surface area (Å²) in [6, 6.07) is 11.4. The zero-order chi connectivity index (χ0) is 15.6. The van der Waals surface area contributed by atoms with Crippen LogP contribution in [0.4, 0.5) is 4.39 Å². The molecule has 0 aliphatic rings. The standard InChI is InChI=1S/C16H10FN5O/c17-12-1-3-13(4-2-12)22-10-7-14(21-22)16-20-19-15(23-16)11-5-8-18-9-6-11/h1-10H. The van der Waals surface area contributed by atoms with Crippen LogP contribution < -0.4 is 0 Å². The van der Waals surface area contributed by atoms with E-state index in [1.54, 1.807) is 53.6 Å². The first-order valence-corrected chi connectivity index (χ1v) is 6.85. The minimum Gasteiger partial charge on any atom is -0.415 e. The molecular formula is C16H10FN5O. The van der Waals surface area contributed by atoms with Crippen molar-refractivity contribution in [2.24, 2.45) is 0 Å². The highest BCUT2D eigenvalue weighted by atomic mass is 19.1. The normalized spacial score (nSPS) is 10.8. The number of hydrogen-bond donors (Lipinski definition) is 0. The molecule has 4 aromatic rings. The summed E-state index contributed by atoms with van der Waals surface area (Å²) in [5.74, 6) is 0.427. The summed E-state index contributed by atoms with van der Waals surface area (Å²) in [4.78, 5) is 3.95. The van der Waals surface area contributed by atoms with Gasteiger partial charge in [-0.3, -0.25) is 4.98 Å². The van der Waals surface area contributed by atoms with E-state index in [0.29, 0.717) is 17.5 Å². The Kier molecular flexibility index (Phi) is 3.16. The molecule has 3 aromatic heterocycles. The van der Waals surface area contributed by atoms with Crippen LogP contribution in [-0.2, 0) is 0 Å². The molecule has 0 bridgehead atoms. The van der Waals surface area contributed by atoms with Crippen LogP contribution in [0, 0.1) is 5.82 Å². The molecule has 1 aromatic carbocycles. The van der Waals surface area contributed by atoms with Crippen LogP contribution in [0.15, 0.2) is 65.5 Å². The Bertz CT molecular complexity index is 931. The molecule has 0 aliphatic carbocycles. The first-order chi connectivity index (χ1) is 11.3. The highest BCUT2D eigenvalue weighted by Crippen LogP contribution is 2.22. The van der Waals surface area contributed by atoms with Crippen molar-refractivity contribution in [2.75, 3.05) is 0 Å². The summed E-state index contributed by atoms with van der Waals surface area (Å²) in [6.45, 7) is 0. The van der Waals surface area contributed by atoms with E-state index in [-0.39, 0.29) is 5.82 Å². The van der Waals surface area contributed by atoms with E-state index in [1.807, 2.05) is 0 Å². The Morgan fingerprint density at radius 2 is 1.61 bits per heavy atom. The molecule has 7 heteroatoms. The highest BCUT2D eigenvalue weighted by Gasteiger charge is 2.13. The van der Waals surface area contributed by atoms with E-state index in [2.05, 4.69) is 20.3 Å². The lowest BCUT2D eigenvalue weighted by Crippen LogP contribution is -1.94. The number of aromatic nitrogens is 5. The maximum atomic E-state index is 13.0. The van der Waals surface area contributed by atoms with Crippen molar-refractivity contribution in [3.63, 3.8) is 0 Å². The third kappa shape index (κ3) is 2.59. The van der Waals surface area contributed by atoms with Crippen molar-refractivity contribution in [3.05, 3.63) is 66.9 Å². The molecule has 112 valence electrons. The number of hydrogen-bond acceptors (Lipinski definition) is 5. The Labute approximate surface area is 130 Å². The van der Waals surface area contributed by atoms with Gasteiger partial charge in [-0.2, -0.15) is 5.10 Å². The fourth-order valence-electron chi connectivity index (χ4n) is 2.11. The van der Waals surface area contributed by atoms with Crippen LogP contribution in [0.1, 0.15) is 0 Å². The molecule has 0 amide bonds. The molecule has 0 atom stereocenters. The number of pyridine rings is 1. The number of benzene rings is 1. The summed E-state index contributed by atoms with van der Waals surface area (Å²) >= 11 is 0. The van der Waals surface area contributed by atoms with Crippen LogP contribution in [-0.4, -0.2) is 25.0 Å². The van der Waals surface area contributed by atoms with E-state index in [4.69, 9.17) is 4.42 Å². The second kappa shape index (κ2) is 5.45. The van der Waals surface area contributed by atoms with E-state index in [9.17, 15) is 4.39 Å². The molecule has 4 rings (SSSR count). The van der Waals surface area contributed by atoms with Crippen LogP contribution in [0.2, 0.25) is 0 Å². The predicted octanol–water partition coefficient (Wildman–Crippen LogP) is 3.12. The van der Waals surface area contributed by atoms with Gasteiger partial charge < -0.3 is 4.42 Å². The summed E-state index contributed by atoms with van der Waals surface area (Å²) < 4.78 is 20.2. The van der Waals surface area contributed by atoms with Gasteiger partial charge in [-0.25, -0.2) is 9.07 Å². The molecule has 23 heavy (non-hydrogen) atoms. The highest BCUT2D eigenvalue weighted by molar-refractivity contribution is 5.54. The van der Waals surface area contributed by atoms with Gasteiger partial charge in [0, 0.05) is 24.2 Å². The van der Waals surface area contributed by atoms with Crippen molar-refractivity contribution in [3.8, 4) is 28.7 Å². The van der Waals surface area contributed by atoms with Crippen molar-refractivity contribution in [1.82, 2.24) is 25.0 Å². The third-order valence-corrected chi connectivity index (χ3v) is 3.25. The van der Waals surface area contributed by atoms with Gasteiger partial charge in [0.15, 0.2) is 0 Å². The van der Waals surface area contributed by atoms with E-state index >= 15 is 0 Å². The fourth-order valence-corrected chi connectivity index (χ4v) is 2.11. The Morgan fingerprint density at radius 1 is 0.870 bits per heavy atom. The van der Waals surface area contributed by atoms with Gasteiger partial charge >= 0.3 is 0 Å². The minimum atomic E-state index is -0.292. The van der Waals surface area contributed by atoms with Crippen molar-refractivity contribution < 1.29 is 8.81 Å². The molecule has 0 fully saturated rings. The zero-order valence-corrected chi connectivity index (χ0v) is 11.8. The quantitative estimate of drug-likeness (QED) is 0.581. The van der Waals surface area contributed by atoms with Crippen molar-refractivity contribution >= 4 is 0 Å². The smallest absolute Gasteiger partial charge is 0.268 e. The second-order valence-corrected chi connectivity index (χ2v) is 4.77. The van der Waals surface area contributed by atoms with E-state index in [1.165, 1.54) is 12.1 Å². The first-order valence-electron chi connectivity index (χ1n) is 6.85. The maximum absolute atomic E-state index is 13.0.